The maximum atomic E-state index is 11.3. The molecule has 0 spiro atoms. The smallest absolute Gasteiger partial charge is 0.330 e. The zero-order valence-electron chi connectivity index (χ0n) is 8.52. The van der Waals surface area contributed by atoms with Crippen molar-refractivity contribution in [1.29, 1.82) is 0 Å². The zero-order valence-corrected chi connectivity index (χ0v) is 8.52. The van der Waals surface area contributed by atoms with E-state index < -0.39 is 11.5 Å². The molecular formula is C10H13NO4. The number of phenolic OH excluding ortho intramolecular Hbond substituents is 2. The summed E-state index contributed by atoms with van der Waals surface area (Å²) in [7, 11) is 1.22. The Morgan fingerprint density at radius 1 is 1.33 bits per heavy atom. The number of benzene rings is 1. The summed E-state index contributed by atoms with van der Waals surface area (Å²) in [5.41, 5.74) is 4.62. The van der Waals surface area contributed by atoms with Crippen LogP contribution in [0.15, 0.2) is 18.2 Å². The Kier molecular flexibility index (Phi) is 2.85. The number of hydrogen-bond acceptors (Lipinski definition) is 5. The molecule has 0 saturated carbocycles. The minimum Gasteiger partial charge on any atom is -0.508 e. The van der Waals surface area contributed by atoms with Crippen LogP contribution in [0.4, 0.5) is 0 Å². The van der Waals surface area contributed by atoms with E-state index in [4.69, 9.17) is 5.73 Å². The van der Waals surface area contributed by atoms with Gasteiger partial charge in [-0.25, -0.2) is 4.79 Å². The highest BCUT2D eigenvalue weighted by Crippen LogP contribution is 2.27. The second-order valence-corrected chi connectivity index (χ2v) is 3.43. The number of aromatic hydroxyl groups is 2. The van der Waals surface area contributed by atoms with Gasteiger partial charge in [0.2, 0.25) is 0 Å². The highest BCUT2D eigenvalue weighted by molar-refractivity contribution is 5.82. The molecule has 82 valence electrons. The fourth-order valence-corrected chi connectivity index (χ4v) is 1.22. The van der Waals surface area contributed by atoms with Gasteiger partial charge in [-0.1, -0.05) is 0 Å². The van der Waals surface area contributed by atoms with Crippen molar-refractivity contribution in [2.45, 2.75) is 12.5 Å². The number of carbonyl (C=O) groups excluding carboxylic acids is 1. The molecule has 0 saturated heterocycles. The first kappa shape index (κ1) is 11.3. The number of ether oxygens (including phenoxy) is 1. The summed E-state index contributed by atoms with van der Waals surface area (Å²) in [5, 5.41) is 18.5. The first-order chi connectivity index (χ1) is 6.87. The molecule has 0 heterocycles. The summed E-state index contributed by atoms with van der Waals surface area (Å²) < 4.78 is 4.52. The predicted octanol–water partition coefficient (Wildman–Crippen LogP) is 0.445. The van der Waals surface area contributed by atoms with Crippen LogP contribution in [0.3, 0.4) is 0 Å². The average molecular weight is 211 g/mol. The molecule has 5 nitrogen and oxygen atoms in total. The van der Waals surface area contributed by atoms with Crippen molar-refractivity contribution in [2.75, 3.05) is 7.11 Å². The van der Waals surface area contributed by atoms with Crippen LogP contribution in [0.5, 0.6) is 11.5 Å². The third kappa shape index (κ3) is 2.19. The highest BCUT2D eigenvalue weighted by Gasteiger charge is 2.32. The van der Waals surface area contributed by atoms with E-state index in [0.717, 1.165) is 6.07 Å². The normalized spacial score (nSPS) is 14.3. The maximum Gasteiger partial charge on any atom is 0.330 e. The first-order valence-corrected chi connectivity index (χ1v) is 4.28. The number of rotatable bonds is 2. The standard InChI is InChI=1S/C10H13NO4/c1-10(11,9(14)15-2)6-3-7(12)5-8(13)4-6/h3-5,12-13H,11H2,1-2H3. The van der Waals surface area contributed by atoms with E-state index in [0.29, 0.717) is 0 Å². The molecule has 4 N–H and O–H groups in total. The molecule has 0 bridgehead atoms. The van der Waals surface area contributed by atoms with Crippen LogP contribution < -0.4 is 5.73 Å². The summed E-state index contributed by atoms with van der Waals surface area (Å²) in [6, 6.07) is 3.75. The maximum absolute atomic E-state index is 11.3. The largest absolute Gasteiger partial charge is 0.508 e. The van der Waals surface area contributed by atoms with E-state index in [1.807, 2.05) is 0 Å². The molecule has 0 aliphatic heterocycles. The number of methoxy groups -OCH3 is 1. The van der Waals surface area contributed by atoms with Crippen molar-refractivity contribution in [3.63, 3.8) is 0 Å². The van der Waals surface area contributed by atoms with Crippen LogP contribution in [0.2, 0.25) is 0 Å². The average Bonchev–Trinajstić information content (AvgIpc) is 2.15. The van der Waals surface area contributed by atoms with Gasteiger partial charge < -0.3 is 20.7 Å². The van der Waals surface area contributed by atoms with Crippen molar-refractivity contribution in [3.05, 3.63) is 23.8 Å². The Labute approximate surface area is 87.1 Å². The fraction of sp³-hybridized carbons (Fsp3) is 0.300. The molecule has 5 heteroatoms. The zero-order chi connectivity index (χ0) is 11.6. The summed E-state index contributed by atoms with van der Waals surface area (Å²) in [6.45, 7) is 1.44. The molecule has 1 aromatic rings. The Bertz CT molecular complexity index is 367. The summed E-state index contributed by atoms with van der Waals surface area (Å²) >= 11 is 0. The van der Waals surface area contributed by atoms with Gasteiger partial charge >= 0.3 is 5.97 Å². The van der Waals surface area contributed by atoms with Gasteiger partial charge in [0.05, 0.1) is 7.11 Å². The third-order valence-electron chi connectivity index (χ3n) is 2.11. The second kappa shape index (κ2) is 3.78. The lowest BCUT2D eigenvalue weighted by molar-refractivity contribution is -0.146. The number of carbonyl (C=O) groups is 1. The van der Waals surface area contributed by atoms with E-state index in [1.165, 1.54) is 26.2 Å². The molecule has 0 radical (unpaired) electrons. The van der Waals surface area contributed by atoms with Crippen LogP contribution in [-0.2, 0) is 15.1 Å². The van der Waals surface area contributed by atoms with Gasteiger partial charge in [-0.15, -0.1) is 0 Å². The van der Waals surface area contributed by atoms with Gasteiger partial charge in [-0.2, -0.15) is 0 Å². The molecule has 1 atom stereocenters. The van der Waals surface area contributed by atoms with Crippen molar-refractivity contribution >= 4 is 5.97 Å². The third-order valence-corrected chi connectivity index (χ3v) is 2.11. The molecule has 1 aromatic carbocycles. The highest BCUT2D eigenvalue weighted by atomic mass is 16.5. The molecule has 0 fully saturated rings. The molecule has 0 aliphatic rings. The number of esters is 1. The Morgan fingerprint density at radius 2 is 1.80 bits per heavy atom. The lowest BCUT2D eigenvalue weighted by atomic mass is 9.93. The van der Waals surface area contributed by atoms with Crippen molar-refractivity contribution in [2.24, 2.45) is 5.73 Å². The minimum absolute atomic E-state index is 0.162. The van der Waals surface area contributed by atoms with E-state index in [9.17, 15) is 15.0 Å². The van der Waals surface area contributed by atoms with E-state index in [2.05, 4.69) is 4.74 Å². The minimum atomic E-state index is -1.40. The van der Waals surface area contributed by atoms with Crippen molar-refractivity contribution in [3.8, 4) is 11.5 Å². The first-order valence-electron chi connectivity index (χ1n) is 4.28. The van der Waals surface area contributed by atoms with Gasteiger partial charge in [-0.05, 0) is 24.6 Å². The Balaban J connectivity index is 3.20. The van der Waals surface area contributed by atoms with E-state index >= 15 is 0 Å². The molecule has 1 rings (SSSR count). The Morgan fingerprint density at radius 3 is 2.20 bits per heavy atom. The van der Waals surface area contributed by atoms with Gasteiger partial charge in [0.25, 0.3) is 0 Å². The van der Waals surface area contributed by atoms with Gasteiger partial charge in [-0.3, -0.25) is 0 Å². The summed E-state index contributed by atoms with van der Waals surface area (Å²) in [5.74, 6) is -0.969. The Hall–Kier alpha value is -1.75. The van der Waals surface area contributed by atoms with Crippen molar-refractivity contribution in [1.82, 2.24) is 0 Å². The summed E-state index contributed by atoms with van der Waals surface area (Å²) in [4.78, 5) is 11.3. The van der Waals surface area contributed by atoms with Crippen molar-refractivity contribution < 1.29 is 19.7 Å². The molecular weight excluding hydrogens is 198 g/mol. The second-order valence-electron chi connectivity index (χ2n) is 3.43. The van der Waals surface area contributed by atoms with Crippen LogP contribution in [0.25, 0.3) is 0 Å². The molecule has 0 aromatic heterocycles. The molecule has 1 unspecified atom stereocenters. The van der Waals surface area contributed by atoms with Crippen LogP contribution in [0, 0.1) is 0 Å². The lowest BCUT2D eigenvalue weighted by Gasteiger charge is -2.22. The predicted molar refractivity (Wildman–Crippen MR) is 53.3 cm³/mol. The fourth-order valence-electron chi connectivity index (χ4n) is 1.22. The van der Waals surface area contributed by atoms with E-state index in [1.54, 1.807) is 0 Å². The monoisotopic (exact) mass is 211 g/mol. The SMILES string of the molecule is COC(=O)C(C)(N)c1cc(O)cc(O)c1. The molecule has 0 aliphatic carbocycles. The van der Waals surface area contributed by atoms with Crippen LogP contribution in [0.1, 0.15) is 12.5 Å². The molecule has 0 amide bonds. The van der Waals surface area contributed by atoms with Gasteiger partial charge in [0.15, 0.2) is 0 Å². The number of nitrogens with two attached hydrogens (primary N) is 1. The number of phenols is 2. The topological polar surface area (TPSA) is 92.8 Å². The summed E-state index contributed by atoms with van der Waals surface area (Å²) in [6.07, 6.45) is 0. The van der Waals surface area contributed by atoms with E-state index in [-0.39, 0.29) is 17.1 Å². The van der Waals surface area contributed by atoms with Crippen LogP contribution >= 0.6 is 0 Å². The number of hydrogen-bond donors (Lipinski definition) is 3. The van der Waals surface area contributed by atoms with Gasteiger partial charge in [0, 0.05) is 6.07 Å². The van der Waals surface area contributed by atoms with Crippen LogP contribution in [-0.4, -0.2) is 23.3 Å². The van der Waals surface area contributed by atoms with Gasteiger partial charge in [0.1, 0.15) is 17.0 Å². The lowest BCUT2D eigenvalue weighted by Crippen LogP contribution is -2.42. The molecule has 15 heavy (non-hydrogen) atoms. The quantitative estimate of drug-likeness (QED) is 0.617.